The number of thiazole rings is 1. The van der Waals surface area contributed by atoms with Crippen LogP contribution in [-0.4, -0.2) is 27.1 Å². The van der Waals surface area contributed by atoms with Crippen LogP contribution in [0.15, 0.2) is 11.6 Å². The van der Waals surface area contributed by atoms with Crippen LogP contribution in [0.4, 0.5) is 0 Å². The maximum absolute atomic E-state index is 9.20. The highest BCUT2D eigenvalue weighted by Crippen LogP contribution is 2.41. The van der Waals surface area contributed by atoms with Crippen LogP contribution >= 0.6 is 11.3 Å². The first-order valence-electron chi connectivity index (χ1n) is 6.99. The second kappa shape index (κ2) is 5.23. The van der Waals surface area contributed by atoms with E-state index >= 15 is 0 Å². The van der Waals surface area contributed by atoms with E-state index in [4.69, 9.17) is 4.98 Å². The van der Waals surface area contributed by atoms with Gasteiger partial charge in [0, 0.05) is 36.7 Å². The van der Waals surface area contributed by atoms with Crippen molar-refractivity contribution in [2.24, 2.45) is 5.92 Å². The Hall–Kier alpha value is -0.910. The summed E-state index contributed by atoms with van der Waals surface area (Å²) in [4.78, 5) is 5.87. The molecule has 2 heterocycles. The van der Waals surface area contributed by atoms with Crippen molar-refractivity contribution in [1.82, 2.24) is 14.7 Å². The molecular formula is C14H21N3OS. The highest BCUT2D eigenvalue weighted by Gasteiger charge is 2.30. The summed E-state index contributed by atoms with van der Waals surface area (Å²) in [5.74, 6) is 0.949. The van der Waals surface area contributed by atoms with Crippen molar-refractivity contribution in [3.05, 3.63) is 23.0 Å². The fourth-order valence-corrected chi connectivity index (χ4v) is 3.07. The zero-order valence-electron chi connectivity index (χ0n) is 11.5. The van der Waals surface area contributed by atoms with E-state index in [1.54, 1.807) is 11.3 Å². The molecule has 3 rings (SSSR count). The highest BCUT2D eigenvalue weighted by molar-refractivity contribution is 7.15. The molecule has 5 heteroatoms. The first-order valence-corrected chi connectivity index (χ1v) is 7.87. The van der Waals surface area contributed by atoms with Gasteiger partial charge >= 0.3 is 0 Å². The van der Waals surface area contributed by atoms with Crippen LogP contribution in [0.25, 0.3) is 4.96 Å². The average Bonchev–Trinajstić information content (AvgIpc) is 3.06. The van der Waals surface area contributed by atoms with Gasteiger partial charge in [-0.2, -0.15) is 0 Å². The van der Waals surface area contributed by atoms with Crippen molar-refractivity contribution < 1.29 is 5.11 Å². The van der Waals surface area contributed by atoms with E-state index in [1.807, 2.05) is 0 Å². The number of aliphatic hydroxyl groups is 1. The Bertz CT molecular complexity index is 558. The second-order valence-electron chi connectivity index (χ2n) is 5.60. The Morgan fingerprint density at radius 1 is 1.53 bits per heavy atom. The van der Waals surface area contributed by atoms with Gasteiger partial charge in [0.2, 0.25) is 0 Å². The molecule has 1 aliphatic carbocycles. The summed E-state index contributed by atoms with van der Waals surface area (Å²) in [7, 11) is 0. The van der Waals surface area contributed by atoms with E-state index < -0.39 is 0 Å². The lowest BCUT2D eigenvalue weighted by Gasteiger charge is -2.19. The van der Waals surface area contributed by atoms with Gasteiger partial charge in [-0.3, -0.25) is 4.40 Å². The molecule has 0 aliphatic heterocycles. The molecule has 2 N–H and O–H groups in total. The maximum Gasteiger partial charge on any atom is 0.194 e. The number of rotatable bonds is 6. The number of imidazole rings is 1. The van der Waals surface area contributed by atoms with Crippen molar-refractivity contribution >= 4 is 16.3 Å². The topological polar surface area (TPSA) is 49.6 Å². The fraction of sp³-hybridized carbons (Fsp3) is 0.643. The van der Waals surface area contributed by atoms with E-state index in [-0.39, 0.29) is 12.5 Å². The van der Waals surface area contributed by atoms with Crippen LogP contribution in [0.2, 0.25) is 0 Å². The summed E-state index contributed by atoms with van der Waals surface area (Å²) >= 11 is 1.70. The van der Waals surface area contributed by atoms with Gasteiger partial charge in [-0.05, 0) is 25.7 Å². The smallest absolute Gasteiger partial charge is 0.194 e. The van der Waals surface area contributed by atoms with Crippen LogP contribution in [0.3, 0.4) is 0 Å². The molecule has 0 spiro atoms. The number of nitrogens with zero attached hydrogens (tertiary/aromatic N) is 2. The van der Waals surface area contributed by atoms with Crippen LogP contribution < -0.4 is 5.32 Å². The Morgan fingerprint density at radius 2 is 2.32 bits per heavy atom. The minimum atomic E-state index is 0.226. The Morgan fingerprint density at radius 3 is 3.00 bits per heavy atom. The molecule has 1 fully saturated rings. The SMILES string of the molecule is CC(CO)C(C)NCc1c(C2CC2)nc2sccn12. The predicted molar refractivity (Wildman–Crippen MR) is 77.6 cm³/mol. The molecular weight excluding hydrogens is 258 g/mol. The first-order chi connectivity index (χ1) is 9.20. The second-order valence-corrected chi connectivity index (χ2v) is 6.48. The third kappa shape index (κ3) is 2.55. The van der Waals surface area contributed by atoms with Crippen molar-refractivity contribution in [3.63, 3.8) is 0 Å². The third-order valence-corrected chi connectivity index (χ3v) is 4.85. The summed E-state index contributed by atoms with van der Waals surface area (Å²) in [6.07, 6.45) is 4.66. The van der Waals surface area contributed by atoms with Crippen LogP contribution in [-0.2, 0) is 6.54 Å². The number of fused-ring (bicyclic) bond motifs is 1. The molecule has 104 valence electrons. The molecule has 2 aromatic rings. The van der Waals surface area contributed by atoms with Crippen molar-refractivity contribution in [3.8, 4) is 0 Å². The van der Waals surface area contributed by atoms with Gasteiger partial charge in [0.25, 0.3) is 0 Å². The third-order valence-electron chi connectivity index (χ3n) is 4.09. The van der Waals surface area contributed by atoms with Gasteiger partial charge in [-0.1, -0.05) is 6.92 Å². The molecule has 0 radical (unpaired) electrons. The molecule has 19 heavy (non-hydrogen) atoms. The van der Waals surface area contributed by atoms with E-state index in [9.17, 15) is 5.11 Å². The largest absolute Gasteiger partial charge is 0.396 e. The van der Waals surface area contributed by atoms with Crippen LogP contribution in [0.1, 0.15) is 44.0 Å². The number of hydrogen-bond donors (Lipinski definition) is 2. The average molecular weight is 279 g/mol. The predicted octanol–water partition coefficient (Wildman–Crippen LogP) is 2.38. The molecule has 2 aromatic heterocycles. The molecule has 2 atom stereocenters. The molecule has 2 unspecified atom stereocenters. The molecule has 0 aromatic carbocycles. The van der Waals surface area contributed by atoms with Gasteiger partial charge in [0.05, 0.1) is 11.4 Å². The maximum atomic E-state index is 9.20. The van der Waals surface area contributed by atoms with Crippen molar-refractivity contribution in [2.75, 3.05) is 6.61 Å². The number of aliphatic hydroxyl groups excluding tert-OH is 1. The lowest BCUT2D eigenvalue weighted by atomic mass is 10.1. The van der Waals surface area contributed by atoms with Crippen molar-refractivity contribution in [1.29, 1.82) is 0 Å². The van der Waals surface area contributed by atoms with Gasteiger partial charge in [-0.25, -0.2) is 4.98 Å². The number of hydrogen-bond acceptors (Lipinski definition) is 4. The van der Waals surface area contributed by atoms with E-state index in [0.717, 1.165) is 11.5 Å². The zero-order chi connectivity index (χ0) is 13.4. The number of aromatic nitrogens is 2. The standard InChI is InChI=1S/C14H21N3OS/c1-9(8-18)10(2)15-7-12-13(11-3-4-11)16-14-17(12)5-6-19-14/h5-6,9-11,15,18H,3-4,7-8H2,1-2H3. The summed E-state index contributed by atoms with van der Waals surface area (Å²) in [5.41, 5.74) is 2.58. The number of nitrogens with one attached hydrogen (secondary N) is 1. The Balaban J connectivity index is 1.79. The minimum absolute atomic E-state index is 0.226. The van der Waals surface area contributed by atoms with Gasteiger partial charge in [0.1, 0.15) is 0 Å². The lowest BCUT2D eigenvalue weighted by molar-refractivity contribution is 0.206. The molecule has 0 amide bonds. The highest BCUT2D eigenvalue weighted by atomic mass is 32.1. The van der Waals surface area contributed by atoms with Gasteiger partial charge < -0.3 is 10.4 Å². The lowest BCUT2D eigenvalue weighted by Crippen LogP contribution is -2.33. The van der Waals surface area contributed by atoms with E-state index in [2.05, 4.69) is 35.1 Å². The molecule has 0 bridgehead atoms. The Labute approximate surface area is 117 Å². The van der Waals surface area contributed by atoms with E-state index in [1.165, 1.54) is 24.2 Å². The summed E-state index contributed by atoms with van der Waals surface area (Å²) in [5, 5.41) is 14.8. The minimum Gasteiger partial charge on any atom is -0.396 e. The summed E-state index contributed by atoms with van der Waals surface area (Å²) in [6.45, 7) is 5.25. The Kier molecular flexibility index (Phi) is 3.60. The summed E-state index contributed by atoms with van der Waals surface area (Å²) < 4.78 is 2.21. The van der Waals surface area contributed by atoms with Crippen molar-refractivity contribution in [2.45, 2.75) is 45.2 Å². The molecule has 4 nitrogen and oxygen atoms in total. The molecule has 1 aliphatic rings. The van der Waals surface area contributed by atoms with Crippen LogP contribution in [0.5, 0.6) is 0 Å². The van der Waals surface area contributed by atoms with E-state index in [0.29, 0.717) is 12.0 Å². The van der Waals surface area contributed by atoms with Gasteiger partial charge in [0.15, 0.2) is 4.96 Å². The first kappa shape index (κ1) is 13.1. The van der Waals surface area contributed by atoms with Gasteiger partial charge in [-0.15, -0.1) is 11.3 Å². The molecule has 1 saturated carbocycles. The fourth-order valence-electron chi connectivity index (χ4n) is 2.33. The monoisotopic (exact) mass is 279 g/mol. The zero-order valence-corrected chi connectivity index (χ0v) is 12.3. The summed E-state index contributed by atoms with van der Waals surface area (Å²) in [6, 6.07) is 0.307. The quantitative estimate of drug-likeness (QED) is 0.853. The normalized spacial score (nSPS) is 18.9. The van der Waals surface area contributed by atoms with Crippen LogP contribution in [0, 0.1) is 5.92 Å². The molecule has 0 saturated heterocycles.